The number of amides is 1. The summed E-state index contributed by atoms with van der Waals surface area (Å²) in [6.45, 7) is 8.60. The zero-order valence-corrected chi connectivity index (χ0v) is 13.0. The van der Waals surface area contributed by atoms with Crippen molar-refractivity contribution in [1.29, 1.82) is 0 Å². The van der Waals surface area contributed by atoms with Crippen LogP contribution in [-0.2, 0) is 4.79 Å². The molecule has 0 saturated carbocycles. The SMILES string of the molecule is CC(=O)c1c(C)[nH]c(C(=O)N[C@@H](CC(C)C)C(=O)O)c1C. The molecule has 0 radical (unpaired) electrons. The number of carboxylic acids is 1. The first-order valence-electron chi connectivity index (χ1n) is 6.88. The van der Waals surface area contributed by atoms with Gasteiger partial charge in [0.05, 0.1) is 0 Å². The number of ketones is 1. The van der Waals surface area contributed by atoms with Gasteiger partial charge in [0.15, 0.2) is 5.78 Å². The molecule has 116 valence electrons. The van der Waals surface area contributed by atoms with E-state index in [0.717, 1.165) is 0 Å². The summed E-state index contributed by atoms with van der Waals surface area (Å²) in [5, 5.41) is 11.7. The van der Waals surface area contributed by atoms with Gasteiger partial charge in [0.1, 0.15) is 11.7 Å². The summed E-state index contributed by atoms with van der Waals surface area (Å²) in [6, 6.07) is -0.943. The molecule has 1 aromatic rings. The molecular formula is C15H22N2O4. The van der Waals surface area contributed by atoms with E-state index in [1.807, 2.05) is 13.8 Å². The number of Topliss-reactive ketones (excluding diaryl/α,β-unsaturated/α-hetero) is 1. The molecule has 0 saturated heterocycles. The van der Waals surface area contributed by atoms with E-state index < -0.39 is 17.9 Å². The molecule has 21 heavy (non-hydrogen) atoms. The fraction of sp³-hybridized carbons (Fsp3) is 0.533. The highest BCUT2D eigenvalue weighted by Crippen LogP contribution is 2.18. The average molecular weight is 294 g/mol. The van der Waals surface area contributed by atoms with Crippen LogP contribution in [0.3, 0.4) is 0 Å². The Morgan fingerprint density at radius 1 is 1.24 bits per heavy atom. The van der Waals surface area contributed by atoms with Crippen molar-refractivity contribution in [2.75, 3.05) is 0 Å². The van der Waals surface area contributed by atoms with Gasteiger partial charge in [-0.2, -0.15) is 0 Å². The van der Waals surface area contributed by atoms with Crippen LogP contribution in [0.25, 0.3) is 0 Å². The first kappa shape index (κ1) is 16.9. The van der Waals surface area contributed by atoms with Crippen LogP contribution in [-0.4, -0.2) is 33.8 Å². The lowest BCUT2D eigenvalue weighted by Crippen LogP contribution is -2.42. The standard InChI is InChI=1S/C15H22N2O4/c1-7(2)6-11(15(20)21)17-14(19)13-8(3)12(10(5)18)9(4)16-13/h7,11,16H,6H2,1-5H3,(H,17,19)(H,20,21)/t11-/m0/s1. The molecule has 0 aliphatic rings. The smallest absolute Gasteiger partial charge is 0.326 e. The van der Waals surface area contributed by atoms with Crippen molar-refractivity contribution in [3.8, 4) is 0 Å². The van der Waals surface area contributed by atoms with Crippen molar-refractivity contribution < 1.29 is 19.5 Å². The molecule has 6 heteroatoms. The number of nitrogens with one attached hydrogen (secondary N) is 2. The molecule has 0 aromatic carbocycles. The predicted molar refractivity (Wildman–Crippen MR) is 78.6 cm³/mol. The Kier molecular flexibility index (Phi) is 5.29. The van der Waals surface area contributed by atoms with Crippen LogP contribution >= 0.6 is 0 Å². The lowest BCUT2D eigenvalue weighted by atomic mass is 10.0. The van der Waals surface area contributed by atoms with Crippen LogP contribution in [0.5, 0.6) is 0 Å². The summed E-state index contributed by atoms with van der Waals surface area (Å²) in [6.07, 6.45) is 0.347. The predicted octanol–water partition coefficient (Wildman–Crippen LogP) is 2.06. The number of aromatic nitrogens is 1. The van der Waals surface area contributed by atoms with Gasteiger partial charge in [-0.1, -0.05) is 13.8 Å². The quantitative estimate of drug-likeness (QED) is 0.699. The molecule has 3 N–H and O–H groups in total. The Hall–Kier alpha value is -2.11. The molecule has 0 unspecified atom stereocenters. The fourth-order valence-corrected chi connectivity index (χ4v) is 2.43. The Morgan fingerprint density at radius 3 is 2.19 bits per heavy atom. The molecular weight excluding hydrogens is 272 g/mol. The van der Waals surface area contributed by atoms with Crippen molar-refractivity contribution in [1.82, 2.24) is 10.3 Å². The maximum Gasteiger partial charge on any atom is 0.326 e. The van der Waals surface area contributed by atoms with Crippen molar-refractivity contribution in [3.63, 3.8) is 0 Å². The summed E-state index contributed by atoms with van der Waals surface area (Å²) in [5.41, 5.74) is 1.88. The number of carboxylic acid groups (broad SMARTS) is 1. The number of rotatable bonds is 6. The van der Waals surface area contributed by atoms with Crippen molar-refractivity contribution >= 4 is 17.7 Å². The molecule has 1 atom stereocenters. The second kappa shape index (κ2) is 6.56. The number of H-pyrrole nitrogens is 1. The first-order valence-corrected chi connectivity index (χ1v) is 6.88. The number of hydrogen-bond donors (Lipinski definition) is 3. The number of aromatic amines is 1. The lowest BCUT2D eigenvalue weighted by molar-refractivity contribution is -0.139. The third-order valence-electron chi connectivity index (χ3n) is 3.33. The van der Waals surface area contributed by atoms with Crippen LogP contribution < -0.4 is 5.32 Å². The van der Waals surface area contributed by atoms with Crippen LogP contribution in [0, 0.1) is 19.8 Å². The van der Waals surface area contributed by atoms with E-state index in [1.54, 1.807) is 13.8 Å². The fourth-order valence-electron chi connectivity index (χ4n) is 2.43. The highest BCUT2D eigenvalue weighted by atomic mass is 16.4. The maximum atomic E-state index is 12.2. The van der Waals surface area contributed by atoms with E-state index in [2.05, 4.69) is 10.3 Å². The van der Waals surface area contributed by atoms with Gasteiger partial charge in [-0.15, -0.1) is 0 Å². The highest BCUT2D eigenvalue weighted by molar-refractivity contribution is 6.03. The Labute approximate surface area is 123 Å². The van der Waals surface area contributed by atoms with E-state index in [-0.39, 0.29) is 17.4 Å². The van der Waals surface area contributed by atoms with E-state index in [0.29, 0.717) is 23.2 Å². The minimum atomic E-state index is -1.07. The second-order valence-corrected chi connectivity index (χ2v) is 5.68. The van der Waals surface area contributed by atoms with Crippen LogP contribution in [0.2, 0.25) is 0 Å². The molecule has 1 amide bonds. The number of aryl methyl sites for hydroxylation is 1. The number of carbonyl (C=O) groups is 3. The van der Waals surface area contributed by atoms with Gasteiger partial charge in [0.25, 0.3) is 5.91 Å². The molecule has 0 aliphatic heterocycles. The summed E-state index contributed by atoms with van der Waals surface area (Å²) in [4.78, 5) is 37.8. The molecule has 0 fully saturated rings. The number of carbonyl (C=O) groups excluding carboxylic acids is 2. The van der Waals surface area contributed by atoms with Gasteiger partial charge < -0.3 is 15.4 Å². The topological polar surface area (TPSA) is 99.3 Å². The summed E-state index contributed by atoms with van der Waals surface area (Å²) in [7, 11) is 0. The van der Waals surface area contributed by atoms with Gasteiger partial charge in [-0.3, -0.25) is 9.59 Å². The van der Waals surface area contributed by atoms with Gasteiger partial charge in [0.2, 0.25) is 0 Å². The minimum Gasteiger partial charge on any atom is -0.480 e. The van der Waals surface area contributed by atoms with Crippen molar-refractivity contribution in [3.05, 3.63) is 22.5 Å². The highest BCUT2D eigenvalue weighted by Gasteiger charge is 2.25. The minimum absolute atomic E-state index is 0.128. The maximum absolute atomic E-state index is 12.2. The second-order valence-electron chi connectivity index (χ2n) is 5.68. The molecule has 0 aliphatic carbocycles. The van der Waals surface area contributed by atoms with Crippen molar-refractivity contribution in [2.45, 2.75) is 47.1 Å². The third-order valence-corrected chi connectivity index (χ3v) is 3.33. The summed E-state index contributed by atoms with van der Waals surface area (Å²) >= 11 is 0. The monoisotopic (exact) mass is 294 g/mol. The van der Waals surface area contributed by atoms with Crippen LogP contribution in [0.15, 0.2) is 0 Å². The zero-order chi connectivity index (χ0) is 16.3. The average Bonchev–Trinajstić information content (AvgIpc) is 2.63. The van der Waals surface area contributed by atoms with E-state index >= 15 is 0 Å². The summed E-state index contributed by atoms with van der Waals surface area (Å²) < 4.78 is 0. The van der Waals surface area contributed by atoms with Gasteiger partial charge in [-0.05, 0) is 38.7 Å². The van der Waals surface area contributed by atoms with Gasteiger partial charge in [0, 0.05) is 11.3 Å². The molecule has 0 bridgehead atoms. The molecule has 0 spiro atoms. The van der Waals surface area contributed by atoms with Crippen LogP contribution in [0.4, 0.5) is 0 Å². The first-order chi connectivity index (χ1) is 9.65. The van der Waals surface area contributed by atoms with Crippen molar-refractivity contribution in [2.24, 2.45) is 5.92 Å². The zero-order valence-electron chi connectivity index (χ0n) is 13.0. The van der Waals surface area contributed by atoms with Crippen LogP contribution in [0.1, 0.15) is 59.3 Å². The molecule has 1 heterocycles. The molecule has 1 aromatic heterocycles. The summed E-state index contributed by atoms with van der Waals surface area (Å²) in [5.74, 6) is -1.55. The van der Waals surface area contributed by atoms with E-state index in [9.17, 15) is 14.4 Å². The normalized spacial score (nSPS) is 12.3. The number of hydrogen-bond acceptors (Lipinski definition) is 3. The largest absolute Gasteiger partial charge is 0.480 e. The van der Waals surface area contributed by atoms with E-state index in [4.69, 9.17) is 5.11 Å². The molecule has 1 rings (SSSR count). The third kappa shape index (κ3) is 3.93. The Balaban J connectivity index is 3.01. The Morgan fingerprint density at radius 2 is 1.81 bits per heavy atom. The van der Waals surface area contributed by atoms with Gasteiger partial charge >= 0.3 is 5.97 Å². The van der Waals surface area contributed by atoms with Gasteiger partial charge in [-0.25, -0.2) is 4.79 Å². The Bertz CT molecular complexity index is 572. The van der Waals surface area contributed by atoms with E-state index in [1.165, 1.54) is 6.92 Å². The lowest BCUT2D eigenvalue weighted by Gasteiger charge is -2.16. The molecule has 6 nitrogen and oxygen atoms in total. The number of aliphatic carboxylic acids is 1.